The molecule has 0 aromatic heterocycles. The van der Waals surface area contributed by atoms with Crippen molar-refractivity contribution in [3.05, 3.63) is 29.8 Å². The van der Waals surface area contributed by atoms with Gasteiger partial charge in [0, 0.05) is 24.7 Å². The highest BCUT2D eigenvalue weighted by molar-refractivity contribution is 7.80. The molecule has 98 valence electrons. The minimum absolute atomic E-state index is 0.115. The summed E-state index contributed by atoms with van der Waals surface area (Å²) in [6.45, 7) is 4.17. The van der Waals surface area contributed by atoms with Gasteiger partial charge in [-0.1, -0.05) is 44.6 Å². The molecule has 18 heavy (non-hydrogen) atoms. The number of amides is 1. The summed E-state index contributed by atoms with van der Waals surface area (Å²) in [7, 11) is 1.78. The third-order valence-corrected chi connectivity index (χ3v) is 3.35. The average Bonchev–Trinajstić information content (AvgIpc) is 2.37. The van der Waals surface area contributed by atoms with Gasteiger partial charge in [-0.2, -0.15) is 0 Å². The fourth-order valence-corrected chi connectivity index (χ4v) is 1.72. The van der Waals surface area contributed by atoms with E-state index < -0.39 is 0 Å². The zero-order chi connectivity index (χ0) is 13.7. The van der Waals surface area contributed by atoms with Gasteiger partial charge in [-0.15, -0.1) is 0 Å². The maximum Gasteiger partial charge on any atom is 0.226 e. The molecule has 0 heterocycles. The summed E-state index contributed by atoms with van der Waals surface area (Å²) in [5, 5.41) is 0. The Balaban J connectivity index is 2.83. The predicted octanol–water partition coefficient (Wildman–Crippen LogP) is 2.72. The Hall–Kier alpha value is -1.42. The first-order valence-corrected chi connectivity index (χ1v) is 6.53. The van der Waals surface area contributed by atoms with E-state index >= 15 is 0 Å². The summed E-state index contributed by atoms with van der Waals surface area (Å²) in [4.78, 5) is 14.1. The Morgan fingerprint density at radius 2 is 2.17 bits per heavy atom. The van der Waals surface area contributed by atoms with Gasteiger partial charge >= 0.3 is 0 Å². The highest BCUT2D eigenvalue weighted by atomic mass is 32.1. The molecule has 4 heteroatoms. The molecule has 0 radical (unpaired) electrons. The normalized spacial score (nSPS) is 11.9. The number of rotatable bonds is 5. The van der Waals surface area contributed by atoms with Gasteiger partial charge in [0.15, 0.2) is 0 Å². The van der Waals surface area contributed by atoms with Gasteiger partial charge in [-0.05, 0) is 18.1 Å². The number of anilines is 1. The smallest absolute Gasteiger partial charge is 0.226 e. The molecule has 0 aliphatic rings. The molecule has 1 atom stereocenters. The molecule has 1 unspecified atom stereocenters. The van der Waals surface area contributed by atoms with Crippen LogP contribution in [0.1, 0.15) is 32.3 Å². The number of carbonyl (C=O) groups excluding carboxylic acids is 1. The van der Waals surface area contributed by atoms with E-state index in [0.717, 1.165) is 17.7 Å². The maximum absolute atomic E-state index is 12.1. The van der Waals surface area contributed by atoms with E-state index in [9.17, 15) is 4.79 Å². The third kappa shape index (κ3) is 3.81. The number of benzene rings is 1. The van der Waals surface area contributed by atoms with Crippen molar-refractivity contribution in [3.8, 4) is 0 Å². The summed E-state index contributed by atoms with van der Waals surface area (Å²) < 4.78 is 0. The second-order valence-corrected chi connectivity index (χ2v) is 5.02. The van der Waals surface area contributed by atoms with E-state index in [1.54, 1.807) is 11.9 Å². The van der Waals surface area contributed by atoms with Crippen molar-refractivity contribution in [1.29, 1.82) is 0 Å². The summed E-state index contributed by atoms with van der Waals surface area (Å²) in [5.74, 6) is 0.517. The first kappa shape index (κ1) is 14.6. The molecular weight excluding hydrogens is 244 g/mol. The van der Waals surface area contributed by atoms with Crippen molar-refractivity contribution >= 4 is 28.8 Å². The lowest BCUT2D eigenvalue weighted by molar-refractivity contribution is -0.119. The molecule has 1 rings (SSSR count). The zero-order valence-corrected chi connectivity index (χ0v) is 12.0. The van der Waals surface area contributed by atoms with Crippen LogP contribution in [0.25, 0.3) is 0 Å². The average molecular weight is 264 g/mol. The van der Waals surface area contributed by atoms with Crippen molar-refractivity contribution in [2.24, 2.45) is 11.7 Å². The summed E-state index contributed by atoms with van der Waals surface area (Å²) in [5.41, 5.74) is 7.20. The predicted molar refractivity (Wildman–Crippen MR) is 79.8 cm³/mol. The highest BCUT2D eigenvalue weighted by Crippen LogP contribution is 2.17. The van der Waals surface area contributed by atoms with Gasteiger partial charge in [0.1, 0.15) is 4.99 Å². The number of hydrogen-bond acceptors (Lipinski definition) is 2. The number of thiocarbonyl (C=S) groups is 1. The van der Waals surface area contributed by atoms with E-state index in [2.05, 4.69) is 13.8 Å². The number of carbonyl (C=O) groups is 1. The first-order chi connectivity index (χ1) is 8.45. The molecule has 1 amide bonds. The Labute approximate surface area is 114 Å². The van der Waals surface area contributed by atoms with Gasteiger partial charge in [-0.3, -0.25) is 4.79 Å². The molecule has 0 bridgehead atoms. The van der Waals surface area contributed by atoms with Gasteiger partial charge in [0.25, 0.3) is 0 Å². The monoisotopic (exact) mass is 264 g/mol. The van der Waals surface area contributed by atoms with Gasteiger partial charge < -0.3 is 10.6 Å². The molecule has 1 aromatic rings. The summed E-state index contributed by atoms with van der Waals surface area (Å²) in [6, 6.07) is 7.43. The third-order valence-electron chi connectivity index (χ3n) is 3.11. The van der Waals surface area contributed by atoms with Gasteiger partial charge in [0.05, 0.1) is 0 Å². The molecule has 0 spiro atoms. The zero-order valence-electron chi connectivity index (χ0n) is 11.1. The first-order valence-electron chi connectivity index (χ1n) is 6.12. The molecule has 0 saturated carbocycles. The molecule has 1 aromatic carbocycles. The number of nitrogens with two attached hydrogens (primary N) is 1. The quantitative estimate of drug-likeness (QED) is 0.832. The second kappa shape index (κ2) is 6.50. The lowest BCUT2D eigenvalue weighted by atomic mass is 10.0. The molecule has 0 aliphatic carbocycles. The lowest BCUT2D eigenvalue weighted by Crippen LogP contribution is -2.27. The second-order valence-electron chi connectivity index (χ2n) is 4.58. The van der Waals surface area contributed by atoms with Crippen LogP contribution in [0.15, 0.2) is 24.3 Å². The van der Waals surface area contributed by atoms with Crippen LogP contribution in [0.3, 0.4) is 0 Å². The summed E-state index contributed by atoms with van der Waals surface area (Å²) >= 11 is 4.94. The van der Waals surface area contributed by atoms with Crippen LogP contribution in [0.2, 0.25) is 0 Å². The molecule has 2 N–H and O–H groups in total. The van der Waals surface area contributed by atoms with Crippen LogP contribution in [0, 0.1) is 5.92 Å². The Kier molecular flexibility index (Phi) is 5.28. The number of nitrogens with zero attached hydrogens (tertiary/aromatic N) is 1. The van der Waals surface area contributed by atoms with Gasteiger partial charge in [-0.25, -0.2) is 0 Å². The van der Waals surface area contributed by atoms with Crippen LogP contribution in [-0.4, -0.2) is 17.9 Å². The highest BCUT2D eigenvalue weighted by Gasteiger charge is 2.14. The topological polar surface area (TPSA) is 46.3 Å². The van der Waals surface area contributed by atoms with E-state index in [4.69, 9.17) is 18.0 Å². The Bertz CT molecular complexity index is 445. The van der Waals surface area contributed by atoms with E-state index in [-0.39, 0.29) is 5.91 Å². The molecule has 0 fully saturated rings. The molecular formula is C14H20N2OS. The largest absolute Gasteiger partial charge is 0.389 e. The van der Waals surface area contributed by atoms with Crippen LogP contribution in [0.5, 0.6) is 0 Å². The maximum atomic E-state index is 12.1. The standard InChI is InChI=1S/C14H20N2OS/c1-4-10(2)8-13(17)16(3)12-7-5-6-11(9-12)14(15)18/h5-7,9-10H,4,8H2,1-3H3,(H2,15,18). The van der Waals surface area contributed by atoms with E-state index in [0.29, 0.717) is 17.3 Å². The van der Waals surface area contributed by atoms with E-state index in [1.165, 1.54) is 0 Å². The summed E-state index contributed by atoms with van der Waals surface area (Å²) in [6.07, 6.45) is 1.57. The number of hydrogen-bond donors (Lipinski definition) is 1. The minimum atomic E-state index is 0.115. The lowest BCUT2D eigenvalue weighted by Gasteiger charge is -2.19. The van der Waals surface area contributed by atoms with Crippen LogP contribution >= 0.6 is 12.2 Å². The van der Waals surface area contributed by atoms with Crippen molar-refractivity contribution in [3.63, 3.8) is 0 Å². The molecule has 3 nitrogen and oxygen atoms in total. The van der Waals surface area contributed by atoms with E-state index in [1.807, 2.05) is 24.3 Å². The molecule has 0 saturated heterocycles. The van der Waals surface area contributed by atoms with Crippen molar-refractivity contribution < 1.29 is 4.79 Å². The minimum Gasteiger partial charge on any atom is -0.389 e. The van der Waals surface area contributed by atoms with Crippen LogP contribution < -0.4 is 10.6 Å². The fraction of sp³-hybridized carbons (Fsp3) is 0.429. The van der Waals surface area contributed by atoms with Crippen LogP contribution in [-0.2, 0) is 4.79 Å². The fourth-order valence-electron chi connectivity index (χ4n) is 1.59. The van der Waals surface area contributed by atoms with Crippen molar-refractivity contribution in [2.45, 2.75) is 26.7 Å². The van der Waals surface area contributed by atoms with Gasteiger partial charge in [0.2, 0.25) is 5.91 Å². The Morgan fingerprint density at radius 3 is 2.72 bits per heavy atom. The van der Waals surface area contributed by atoms with Crippen molar-refractivity contribution in [1.82, 2.24) is 0 Å². The SMILES string of the molecule is CCC(C)CC(=O)N(C)c1cccc(C(N)=S)c1. The van der Waals surface area contributed by atoms with Crippen molar-refractivity contribution in [2.75, 3.05) is 11.9 Å². The van der Waals surface area contributed by atoms with Crippen LogP contribution in [0.4, 0.5) is 5.69 Å². The Morgan fingerprint density at radius 1 is 1.50 bits per heavy atom. The molecule has 0 aliphatic heterocycles.